The van der Waals surface area contributed by atoms with Crippen molar-refractivity contribution in [3.8, 4) is 0 Å². The Labute approximate surface area is 158 Å². The van der Waals surface area contributed by atoms with Gasteiger partial charge in [0.25, 0.3) is 5.91 Å². The Morgan fingerprint density at radius 2 is 2.23 bits per heavy atom. The highest BCUT2D eigenvalue weighted by Crippen LogP contribution is 2.27. The van der Waals surface area contributed by atoms with E-state index in [0.717, 1.165) is 19.4 Å². The Balaban J connectivity index is 1.90. The van der Waals surface area contributed by atoms with Crippen LogP contribution in [0.3, 0.4) is 0 Å². The van der Waals surface area contributed by atoms with E-state index in [1.54, 1.807) is 29.1 Å². The van der Waals surface area contributed by atoms with Crippen molar-refractivity contribution in [3.63, 3.8) is 0 Å². The highest BCUT2D eigenvalue weighted by Gasteiger charge is 2.22. The number of anilines is 2. The van der Waals surface area contributed by atoms with Gasteiger partial charge in [-0.2, -0.15) is 5.10 Å². The van der Waals surface area contributed by atoms with Crippen molar-refractivity contribution in [2.75, 3.05) is 25.6 Å². The van der Waals surface area contributed by atoms with Gasteiger partial charge in [0.2, 0.25) is 0 Å². The summed E-state index contributed by atoms with van der Waals surface area (Å²) in [6, 6.07) is 5.14. The van der Waals surface area contributed by atoms with Gasteiger partial charge in [-0.15, -0.1) is 0 Å². The fraction of sp³-hybridized carbons (Fsp3) is 0.353. The van der Waals surface area contributed by atoms with Gasteiger partial charge >= 0.3 is 5.97 Å². The van der Waals surface area contributed by atoms with Crippen LogP contribution in [-0.2, 0) is 9.47 Å². The average molecular weight is 423 g/mol. The van der Waals surface area contributed by atoms with Gasteiger partial charge in [-0.25, -0.2) is 4.79 Å². The molecule has 26 heavy (non-hydrogen) atoms. The zero-order valence-electron chi connectivity index (χ0n) is 14.2. The maximum atomic E-state index is 11.8. The van der Waals surface area contributed by atoms with Crippen molar-refractivity contribution in [3.05, 3.63) is 40.0 Å². The standard InChI is InChI=1S/C17H19BrN4O4/c1-25-17(24)12-7-10(4-5-14(12)18)20-16-13(15(19)23)8-22(21-16)11-3-2-6-26-9-11/h4-5,7-8,11H,2-3,6,9H2,1H3,(H2,19,23)(H,20,21). The minimum Gasteiger partial charge on any atom is -0.465 e. The third-order valence-corrected chi connectivity index (χ3v) is 4.83. The Morgan fingerprint density at radius 3 is 2.88 bits per heavy atom. The number of esters is 1. The highest BCUT2D eigenvalue weighted by molar-refractivity contribution is 9.10. The summed E-state index contributed by atoms with van der Waals surface area (Å²) in [5.74, 6) is -0.720. The molecule has 3 rings (SSSR count). The van der Waals surface area contributed by atoms with Crippen molar-refractivity contribution < 1.29 is 19.1 Å². The van der Waals surface area contributed by atoms with Crippen molar-refractivity contribution >= 4 is 39.3 Å². The summed E-state index contributed by atoms with van der Waals surface area (Å²) in [7, 11) is 1.31. The predicted octanol–water partition coefficient (Wildman–Crippen LogP) is 2.63. The fourth-order valence-electron chi connectivity index (χ4n) is 2.79. The van der Waals surface area contributed by atoms with Crippen molar-refractivity contribution in [1.29, 1.82) is 0 Å². The van der Waals surface area contributed by atoms with Gasteiger partial charge in [0.1, 0.15) is 5.56 Å². The van der Waals surface area contributed by atoms with Crippen LogP contribution in [0, 0.1) is 0 Å². The smallest absolute Gasteiger partial charge is 0.339 e. The quantitative estimate of drug-likeness (QED) is 0.716. The maximum Gasteiger partial charge on any atom is 0.339 e. The number of benzene rings is 1. The van der Waals surface area contributed by atoms with E-state index in [2.05, 4.69) is 26.3 Å². The van der Waals surface area contributed by atoms with Gasteiger partial charge in [-0.05, 0) is 47.0 Å². The number of halogens is 1. The number of hydrogen-bond acceptors (Lipinski definition) is 6. The number of ether oxygens (including phenoxy) is 2. The largest absolute Gasteiger partial charge is 0.465 e. The van der Waals surface area contributed by atoms with Crippen LogP contribution in [0.1, 0.15) is 39.6 Å². The molecule has 2 heterocycles. The molecule has 3 N–H and O–H groups in total. The number of aromatic nitrogens is 2. The van der Waals surface area contributed by atoms with E-state index in [1.807, 2.05) is 0 Å². The number of methoxy groups -OCH3 is 1. The first-order valence-electron chi connectivity index (χ1n) is 8.11. The minimum atomic E-state index is -0.583. The molecule has 1 unspecified atom stereocenters. The number of carbonyl (C=O) groups excluding carboxylic acids is 2. The van der Waals surface area contributed by atoms with Crippen molar-refractivity contribution in [2.45, 2.75) is 18.9 Å². The second-order valence-corrected chi connectivity index (χ2v) is 6.77. The van der Waals surface area contributed by atoms with Crippen LogP contribution in [0.4, 0.5) is 11.5 Å². The molecule has 2 aromatic rings. The molecule has 0 aliphatic carbocycles. The van der Waals surface area contributed by atoms with E-state index < -0.39 is 11.9 Å². The van der Waals surface area contributed by atoms with Crippen LogP contribution in [0.15, 0.2) is 28.9 Å². The lowest BCUT2D eigenvalue weighted by Crippen LogP contribution is -2.21. The van der Waals surface area contributed by atoms with Crippen LogP contribution in [-0.4, -0.2) is 42.0 Å². The molecule has 0 spiro atoms. The molecule has 1 aromatic heterocycles. The monoisotopic (exact) mass is 422 g/mol. The molecular weight excluding hydrogens is 404 g/mol. The van der Waals surface area contributed by atoms with Crippen LogP contribution < -0.4 is 11.1 Å². The first-order chi connectivity index (χ1) is 12.5. The Bertz CT molecular complexity index is 830. The number of hydrogen-bond donors (Lipinski definition) is 2. The molecule has 0 radical (unpaired) electrons. The number of nitrogens with zero attached hydrogens (tertiary/aromatic N) is 2. The molecule has 1 atom stereocenters. The maximum absolute atomic E-state index is 11.8. The topological polar surface area (TPSA) is 108 Å². The van der Waals surface area contributed by atoms with E-state index >= 15 is 0 Å². The van der Waals surface area contributed by atoms with Gasteiger partial charge in [0.15, 0.2) is 5.82 Å². The molecule has 138 valence electrons. The van der Waals surface area contributed by atoms with Gasteiger partial charge in [-0.3, -0.25) is 9.48 Å². The second kappa shape index (κ2) is 7.88. The fourth-order valence-corrected chi connectivity index (χ4v) is 3.20. The average Bonchev–Trinajstić information content (AvgIpc) is 3.07. The zero-order chi connectivity index (χ0) is 18.7. The molecular formula is C17H19BrN4O4. The normalized spacial score (nSPS) is 16.9. The Morgan fingerprint density at radius 1 is 1.42 bits per heavy atom. The molecule has 1 aliphatic heterocycles. The molecule has 1 saturated heterocycles. The number of nitrogens with two attached hydrogens (primary N) is 1. The Hall–Kier alpha value is -2.39. The zero-order valence-corrected chi connectivity index (χ0v) is 15.8. The van der Waals surface area contributed by atoms with Gasteiger partial charge in [0.05, 0.1) is 25.3 Å². The summed E-state index contributed by atoms with van der Waals surface area (Å²) < 4.78 is 12.6. The summed E-state index contributed by atoms with van der Waals surface area (Å²) in [6.07, 6.45) is 3.49. The predicted molar refractivity (Wildman–Crippen MR) is 98.6 cm³/mol. The SMILES string of the molecule is COC(=O)c1cc(Nc2nn(C3CCCOC3)cc2C(N)=O)ccc1Br. The molecule has 1 aliphatic rings. The third-order valence-electron chi connectivity index (χ3n) is 4.14. The summed E-state index contributed by atoms with van der Waals surface area (Å²) in [6.45, 7) is 1.28. The molecule has 1 amide bonds. The van der Waals surface area contributed by atoms with Crippen LogP contribution >= 0.6 is 15.9 Å². The van der Waals surface area contributed by atoms with E-state index in [0.29, 0.717) is 28.1 Å². The molecule has 0 bridgehead atoms. The summed E-state index contributed by atoms with van der Waals surface area (Å²) in [5, 5.41) is 7.52. The number of carbonyl (C=O) groups is 2. The first kappa shape index (κ1) is 18.4. The molecule has 0 saturated carbocycles. The van der Waals surface area contributed by atoms with Gasteiger partial charge < -0.3 is 20.5 Å². The molecule has 1 fully saturated rings. The van der Waals surface area contributed by atoms with Crippen molar-refractivity contribution in [2.24, 2.45) is 5.73 Å². The minimum absolute atomic E-state index is 0.0629. The number of primary amides is 1. The van der Waals surface area contributed by atoms with Crippen molar-refractivity contribution in [1.82, 2.24) is 9.78 Å². The number of rotatable bonds is 5. The lowest BCUT2D eigenvalue weighted by Gasteiger charge is -2.22. The van der Waals surface area contributed by atoms with Gasteiger partial charge in [0, 0.05) is 23.0 Å². The van der Waals surface area contributed by atoms with Gasteiger partial charge in [-0.1, -0.05) is 0 Å². The summed E-state index contributed by atoms with van der Waals surface area (Å²) >= 11 is 3.31. The van der Waals surface area contributed by atoms with Crippen LogP contribution in [0.5, 0.6) is 0 Å². The molecule has 9 heteroatoms. The number of nitrogens with one attached hydrogen (secondary N) is 1. The summed E-state index contributed by atoms with van der Waals surface area (Å²) in [4.78, 5) is 23.6. The van der Waals surface area contributed by atoms with E-state index in [9.17, 15) is 9.59 Å². The third kappa shape index (κ3) is 3.88. The Kier molecular flexibility index (Phi) is 5.58. The van der Waals surface area contributed by atoms with E-state index in [-0.39, 0.29) is 11.6 Å². The van der Waals surface area contributed by atoms with Crippen LogP contribution in [0.25, 0.3) is 0 Å². The molecule has 8 nitrogen and oxygen atoms in total. The lowest BCUT2D eigenvalue weighted by molar-refractivity contribution is 0.0550. The van der Waals surface area contributed by atoms with E-state index in [1.165, 1.54) is 7.11 Å². The lowest BCUT2D eigenvalue weighted by atomic mass is 10.1. The summed E-state index contributed by atoms with van der Waals surface area (Å²) in [5.41, 5.74) is 6.71. The van der Waals surface area contributed by atoms with E-state index in [4.69, 9.17) is 15.2 Å². The number of amides is 1. The second-order valence-electron chi connectivity index (χ2n) is 5.92. The highest BCUT2D eigenvalue weighted by atomic mass is 79.9. The molecule has 1 aromatic carbocycles. The first-order valence-corrected chi connectivity index (χ1v) is 8.90. The van der Waals surface area contributed by atoms with Crippen LogP contribution in [0.2, 0.25) is 0 Å².